The number of aromatic nitrogens is 2. The number of Topliss-reactive ketones (excluding diaryl/α,β-unsaturated/α-hetero) is 1. The molecule has 2 rings (SSSR count). The van der Waals surface area contributed by atoms with Crippen molar-refractivity contribution in [3.05, 3.63) is 15.9 Å². The molecule has 0 saturated heterocycles. The zero-order chi connectivity index (χ0) is 14.0. The van der Waals surface area contributed by atoms with Gasteiger partial charge in [0.25, 0.3) is 0 Å². The maximum Gasteiger partial charge on any atom is 0.136 e. The summed E-state index contributed by atoms with van der Waals surface area (Å²) < 4.78 is 3.11. The van der Waals surface area contributed by atoms with Crippen LogP contribution in [0.25, 0.3) is 0 Å². The lowest BCUT2D eigenvalue weighted by molar-refractivity contribution is -0.125. The Balaban J connectivity index is 2.17. The van der Waals surface area contributed by atoms with Crippen LogP contribution in [-0.4, -0.2) is 15.6 Å². The van der Waals surface area contributed by atoms with Crippen LogP contribution in [-0.2, 0) is 17.8 Å². The average molecular weight is 327 g/mol. The number of hydrogen-bond donors (Lipinski definition) is 0. The predicted octanol–water partition coefficient (Wildman–Crippen LogP) is 3.91. The van der Waals surface area contributed by atoms with Crippen molar-refractivity contribution in [2.45, 2.75) is 59.4 Å². The molecule has 1 aromatic rings. The summed E-state index contributed by atoms with van der Waals surface area (Å²) in [7, 11) is 0. The Morgan fingerprint density at radius 1 is 1.42 bits per heavy atom. The van der Waals surface area contributed by atoms with Crippen molar-refractivity contribution >= 4 is 21.7 Å². The van der Waals surface area contributed by atoms with Gasteiger partial charge in [0, 0.05) is 25.3 Å². The van der Waals surface area contributed by atoms with Crippen molar-refractivity contribution in [2.75, 3.05) is 0 Å². The summed E-state index contributed by atoms with van der Waals surface area (Å²) in [6.45, 7) is 7.20. The number of rotatable bonds is 4. The van der Waals surface area contributed by atoms with Gasteiger partial charge in [-0.05, 0) is 48.5 Å². The van der Waals surface area contributed by atoms with E-state index in [9.17, 15) is 4.79 Å². The molecular weight excluding hydrogens is 304 g/mol. The number of carbonyl (C=O) groups excluding carboxylic acids is 1. The number of hydrogen-bond acceptors (Lipinski definition) is 2. The van der Waals surface area contributed by atoms with Crippen LogP contribution in [0.1, 0.15) is 50.9 Å². The molecule has 106 valence electrons. The smallest absolute Gasteiger partial charge is 0.136 e. The van der Waals surface area contributed by atoms with Crippen LogP contribution in [0, 0.1) is 18.8 Å². The predicted molar refractivity (Wildman–Crippen MR) is 80.2 cm³/mol. The van der Waals surface area contributed by atoms with Crippen LogP contribution in [0.2, 0.25) is 0 Å². The highest BCUT2D eigenvalue weighted by Crippen LogP contribution is 2.33. The maximum atomic E-state index is 12.1. The third-order valence-corrected chi connectivity index (χ3v) is 5.37. The molecule has 3 nitrogen and oxygen atoms in total. The van der Waals surface area contributed by atoms with Crippen LogP contribution in [0.5, 0.6) is 0 Å². The van der Waals surface area contributed by atoms with Crippen LogP contribution >= 0.6 is 15.9 Å². The van der Waals surface area contributed by atoms with Crippen LogP contribution < -0.4 is 0 Å². The molecule has 19 heavy (non-hydrogen) atoms. The monoisotopic (exact) mass is 326 g/mol. The second-order valence-electron chi connectivity index (χ2n) is 5.58. The van der Waals surface area contributed by atoms with Gasteiger partial charge in [-0.1, -0.05) is 13.3 Å². The van der Waals surface area contributed by atoms with Crippen molar-refractivity contribution < 1.29 is 4.79 Å². The second-order valence-corrected chi connectivity index (χ2v) is 6.37. The van der Waals surface area contributed by atoms with E-state index in [1.165, 1.54) is 12.1 Å². The van der Waals surface area contributed by atoms with E-state index in [2.05, 4.69) is 34.9 Å². The van der Waals surface area contributed by atoms with Gasteiger partial charge in [0.2, 0.25) is 0 Å². The first-order valence-corrected chi connectivity index (χ1v) is 8.10. The van der Waals surface area contributed by atoms with Crippen molar-refractivity contribution in [1.82, 2.24) is 9.78 Å². The number of aryl methyl sites for hydroxylation is 2. The van der Waals surface area contributed by atoms with Crippen LogP contribution in [0.4, 0.5) is 0 Å². The molecule has 1 saturated carbocycles. The van der Waals surface area contributed by atoms with Gasteiger partial charge >= 0.3 is 0 Å². The maximum absolute atomic E-state index is 12.1. The van der Waals surface area contributed by atoms with Gasteiger partial charge in [-0.15, -0.1) is 0 Å². The van der Waals surface area contributed by atoms with Crippen molar-refractivity contribution in [3.63, 3.8) is 0 Å². The summed E-state index contributed by atoms with van der Waals surface area (Å²) in [6.07, 6.45) is 4.93. The van der Waals surface area contributed by atoms with Gasteiger partial charge < -0.3 is 0 Å². The molecule has 1 fully saturated rings. The minimum absolute atomic E-state index is 0.191. The fourth-order valence-electron chi connectivity index (χ4n) is 3.07. The topological polar surface area (TPSA) is 34.9 Å². The number of ketones is 1. The highest BCUT2D eigenvalue weighted by Gasteiger charge is 2.29. The summed E-state index contributed by atoms with van der Waals surface area (Å²) in [5.41, 5.74) is 2.21. The molecule has 2 unspecified atom stereocenters. The first-order chi connectivity index (χ1) is 9.06. The zero-order valence-electron chi connectivity index (χ0n) is 12.1. The third kappa shape index (κ3) is 3.10. The van der Waals surface area contributed by atoms with Gasteiger partial charge in [-0.3, -0.25) is 9.48 Å². The lowest BCUT2D eigenvalue weighted by Gasteiger charge is -2.27. The van der Waals surface area contributed by atoms with Crippen molar-refractivity contribution in [2.24, 2.45) is 11.8 Å². The molecule has 0 amide bonds. The molecule has 0 radical (unpaired) electrons. The number of halogens is 1. The molecule has 1 heterocycles. The number of carbonyl (C=O) groups is 1. The van der Waals surface area contributed by atoms with E-state index in [4.69, 9.17) is 0 Å². The Hall–Kier alpha value is -0.640. The first kappa shape index (κ1) is 14.8. The molecule has 4 heteroatoms. The highest BCUT2D eigenvalue weighted by atomic mass is 79.9. The summed E-state index contributed by atoms with van der Waals surface area (Å²) in [6, 6.07) is 0. The Morgan fingerprint density at radius 2 is 2.16 bits per heavy atom. The normalized spacial score (nSPS) is 23.9. The largest absolute Gasteiger partial charge is 0.299 e. The fourth-order valence-corrected chi connectivity index (χ4v) is 3.51. The minimum atomic E-state index is 0.191. The molecule has 0 aromatic carbocycles. The summed E-state index contributed by atoms with van der Waals surface area (Å²) in [4.78, 5) is 12.1. The molecule has 0 spiro atoms. The average Bonchev–Trinajstić information content (AvgIpc) is 2.68. The zero-order valence-corrected chi connectivity index (χ0v) is 13.7. The van der Waals surface area contributed by atoms with E-state index in [1.54, 1.807) is 0 Å². The molecule has 1 aromatic heterocycles. The molecular formula is C15H23BrN2O. The SMILES string of the molecule is CCC1CCC(=O)C(Cc2c(Br)c(C)nn2CC)C1. The first-order valence-electron chi connectivity index (χ1n) is 7.31. The molecule has 0 N–H and O–H groups in total. The second kappa shape index (κ2) is 6.21. The van der Waals surface area contributed by atoms with E-state index < -0.39 is 0 Å². The van der Waals surface area contributed by atoms with Gasteiger partial charge in [-0.25, -0.2) is 0 Å². The van der Waals surface area contributed by atoms with Crippen LogP contribution in [0.3, 0.4) is 0 Å². The van der Waals surface area contributed by atoms with Crippen molar-refractivity contribution in [1.29, 1.82) is 0 Å². The van der Waals surface area contributed by atoms with Crippen LogP contribution in [0.15, 0.2) is 4.47 Å². The van der Waals surface area contributed by atoms with Crippen molar-refractivity contribution in [3.8, 4) is 0 Å². The van der Waals surface area contributed by atoms with Gasteiger partial charge in [-0.2, -0.15) is 5.10 Å². The lowest BCUT2D eigenvalue weighted by atomic mass is 9.77. The van der Waals surface area contributed by atoms with E-state index in [0.717, 1.165) is 48.3 Å². The third-order valence-electron chi connectivity index (χ3n) is 4.34. The minimum Gasteiger partial charge on any atom is -0.299 e. The van der Waals surface area contributed by atoms with E-state index >= 15 is 0 Å². The number of nitrogens with zero attached hydrogens (tertiary/aromatic N) is 2. The summed E-state index contributed by atoms with van der Waals surface area (Å²) in [5.74, 6) is 1.36. The molecule has 1 aliphatic carbocycles. The van der Waals surface area contributed by atoms with E-state index in [1.807, 2.05) is 11.6 Å². The quantitative estimate of drug-likeness (QED) is 0.840. The summed E-state index contributed by atoms with van der Waals surface area (Å²) in [5, 5.41) is 4.52. The fraction of sp³-hybridized carbons (Fsp3) is 0.733. The van der Waals surface area contributed by atoms with Gasteiger partial charge in [0.15, 0.2) is 0 Å². The molecule has 1 aliphatic rings. The van der Waals surface area contributed by atoms with Gasteiger partial charge in [0.05, 0.1) is 15.9 Å². The molecule has 0 bridgehead atoms. The Bertz CT molecular complexity index is 467. The van der Waals surface area contributed by atoms with E-state index in [0.29, 0.717) is 5.78 Å². The standard InChI is InChI=1S/C15H23BrN2O/c1-4-11-6-7-14(19)12(8-11)9-13-15(16)10(3)17-18(13)5-2/h11-12H,4-9H2,1-3H3. The molecule has 2 atom stereocenters. The highest BCUT2D eigenvalue weighted by molar-refractivity contribution is 9.10. The van der Waals surface area contributed by atoms with Gasteiger partial charge in [0.1, 0.15) is 5.78 Å². The van der Waals surface area contributed by atoms with E-state index in [-0.39, 0.29) is 5.92 Å². The Labute approximate surface area is 123 Å². The Kier molecular flexibility index (Phi) is 4.82. The lowest BCUT2D eigenvalue weighted by Crippen LogP contribution is -2.27. The summed E-state index contributed by atoms with van der Waals surface area (Å²) >= 11 is 3.63. The molecule has 0 aliphatic heterocycles. The Morgan fingerprint density at radius 3 is 2.79 bits per heavy atom.